The minimum atomic E-state index is -0.250. The van der Waals surface area contributed by atoms with Crippen LogP contribution in [0.15, 0.2) is 45.3 Å². The Hall–Kier alpha value is -1.00. The SMILES string of the molecule is CC1(C)CC(C)(c2ccc(O)c(Br)c2)c2cc(Br)ccc2O1. The van der Waals surface area contributed by atoms with E-state index in [0.29, 0.717) is 4.47 Å². The Bertz CT molecular complexity index is 740. The van der Waals surface area contributed by atoms with E-state index in [-0.39, 0.29) is 16.8 Å². The van der Waals surface area contributed by atoms with Crippen LogP contribution in [0.25, 0.3) is 0 Å². The normalized spacial score (nSPS) is 22.8. The van der Waals surface area contributed by atoms with E-state index in [4.69, 9.17) is 4.74 Å². The molecule has 0 saturated heterocycles. The van der Waals surface area contributed by atoms with Crippen LogP contribution in [0.2, 0.25) is 0 Å². The number of aromatic hydroxyl groups is 1. The molecule has 2 aromatic rings. The van der Waals surface area contributed by atoms with Gasteiger partial charge in [-0.3, -0.25) is 0 Å². The molecule has 0 spiro atoms. The fourth-order valence-corrected chi connectivity index (χ4v) is 4.15. The Morgan fingerprint density at radius 3 is 2.45 bits per heavy atom. The highest BCUT2D eigenvalue weighted by molar-refractivity contribution is 9.10. The molecule has 3 rings (SSSR count). The molecule has 2 nitrogen and oxygen atoms in total. The highest BCUT2D eigenvalue weighted by atomic mass is 79.9. The summed E-state index contributed by atoms with van der Waals surface area (Å²) < 4.78 is 7.92. The van der Waals surface area contributed by atoms with Gasteiger partial charge in [0.15, 0.2) is 0 Å². The van der Waals surface area contributed by atoms with Crippen LogP contribution in [0.4, 0.5) is 0 Å². The maximum Gasteiger partial charge on any atom is 0.129 e. The largest absolute Gasteiger partial charge is 0.507 e. The van der Waals surface area contributed by atoms with E-state index in [1.54, 1.807) is 6.07 Å². The van der Waals surface area contributed by atoms with Crippen LogP contribution >= 0.6 is 31.9 Å². The number of benzene rings is 2. The van der Waals surface area contributed by atoms with E-state index >= 15 is 0 Å². The summed E-state index contributed by atoms with van der Waals surface area (Å²) in [5, 5.41) is 9.79. The van der Waals surface area contributed by atoms with Crippen LogP contribution in [0, 0.1) is 0 Å². The first kappa shape index (κ1) is 15.9. The average molecular weight is 426 g/mol. The zero-order valence-corrected chi connectivity index (χ0v) is 16.0. The number of hydrogen-bond donors (Lipinski definition) is 1. The molecule has 0 radical (unpaired) electrons. The van der Waals surface area contributed by atoms with Crippen molar-refractivity contribution in [1.82, 2.24) is 0 Å². The molecule has 22 heavy (non-hydrogen) atoms. The second-order valence-electron chi connectivity index (χ2n) is 6.68. The van der Waals surface area contributed by atoms with Crippen molar-refractivity contribution in [2.24, 2.45) is 0 Å². The molecule has 2 aromatic carbocycles. The van der Waals surface area contributed by atoms with Gasteiger partial charge in [-0.05, 0) is 65.7 Å². The molecule has 116 valence electrons. The average Bonchev–Trinajstić information content (AvgIpc) is 2.42. The van der Waals surface area contributed by atoms with Gasteiger partial charge in [0, 0.05) is 21.9 Å². The first-order valence-corrected chi connectivity index (χ1v) is 8.78. The van der Waals surface area contributed by atoms with Gasteiger partial charge < -0.3 is 9.84 Å². The number of phenolic OH excluding ortho intramolecular Hbond substituents is 1. The number of phenols is 1. The van der Waals surface area contributed by atoms with Gasteiger partial charge in [-0.2, -0.15) is 0 Å². The van der Waals surface area contributed by atoms with Crippen molar-refractivity contribution in [1.29, 1.82) is 0 Å². The van der Waals surface area contributed by atoms with Gasteiger partial charge in [-0.1, -0.05) is 28.9 Å². The fourth-order valence-electron chi connectivity index (χ4n) is 3.41. The molecular weight excluding hydrogens is 408 g/mol. The highest BCUT2D eigenvalue weighted by Gasteiger charge is 2.43. The van der Waals surface area contributed by atoms with Crippen molar-refractivity contribution in [2.75, 3.05) is 0 Å². The van der Waals surface area contributed by atoms with Crippen LogP contribution in [-0.2, 0) is 5.41 Å². The Balaban J connectivity index is 2.23. The standard InChI is InChI=1S/C18H18Br2O2/c1-17(2)10-18(3,11-4-6-15(21)14(20)8-11)13-9-12(19)5-7-16(13)22-17/h4-9,21H,10H2,1-3H3. The van der Waals surface area contributed by atoms with Crippen molar-refractivity contribution < 1.29 is 9.84 Å². The van der Waals surface area contributed by atoms with Gasteiger partial charge in [-0.25, -0.2) is 0 Å². The number of hydrogen-bond acceptors (Lipinski definition) is 2. The van der Waals surface area contributed by atoms with Gasteiger partial charge in [0.1, 0.15) is 17.1 Å². The first-order chi connectivity index (χ1) is 10.2. The summed E-state index contributed by atoms with van der Waals surface area (Å²) in [4.78, 5) is 0. The minimum absolute atomic E-state index is 0.183. The second-order valence-corrected chi connectivity index (χ2v) is 8.45. The molecule has 1 unspecified atom stereocenters. The van der Waals surface area contributed by atoms with Gasteiger partial charge in [0.25, 0.3) is 0 Å². The maximum absolute atomic E-state index is 9.79. The summed E-state index contributed by atoms with van der Waals surface area (Å²) in [5.74, 6) is 1.18. The van der Waals surface area contributed by atoms with E-state index in [0.717, 1.165) is 22.2 Å². The topological polar surface area (TPSA) is 29.5 Å². The Morgan fingerprint density at radius 2 is 1.77 bits per heavy atom. The van der Waals surface area contributed by atoms with Crippen LogP contribution < -0.4 is 4.74 Å². The van der Waals surface area contributed by atoms with Crippen molar-refractivity contribution in [2.45, 2.75) is 38.2 Å². The fraction of sp³-hybridized carbons (Fsp3) is 0.333. The Kier molecular flexibility index (Phi) is 3.81. The lowest BCUT2D eigenvalue weighted by molar-refractivity contribution is 0.0583. The van der Waals surface area contributed by atoms with E-state index in [1.165, 1.54) is 5.56 Å². The van der Waals surface area contributed by atoms with Gasteiger partial charge >= 0.3 is 0 Å². The lowest BCUT2D eigenvalue weighted by Crippen LogP contribution is -2.43. The molecule has 0 aliphatic carbocycles. The minimum Gasteiger partial charge on any atom is -0.507 e. The van der Waals surface area contributed by atoms with Crippen LogP contribution in [0.1, 0.15) is 38.3 Å². The molecule has 1 atom stereocenters. The third-order valence-electron chi connectivity index (χ3n) is 4.29. The molecule has 1 aliphatic rings. The lowest BCUT2D eigenvalue weighted by atomic mass is 9.68. The second kappa shape index (κ2) is 5.27. The Labute approximate surface area is 147 Å². The third-order valence-corrected chi connectivity index (χ3v) is 5.41. The number of ether oxygens (including phenoxy) is 1. The Morgan fingerprint density at radius 1 is 1.05 bits per heavy atom. The van der Waals surface area contributed by atoms with Gasteiger partial charge in [0.05, 0.1) is 4.47 Å². The lowest BCUT2D eigenvalue weighted by Gasteiger charge is -2.44. The molecule has 0 fully saturated rings. The number of fused-ring (bicyclic) bond motifs is 1. The molecular formula is C18H18Br2O2. The van der Waals surface area contributed by atoms with E-state index in [1.807, 2.05) is 24.3 Å². The predicted molar refractivity (Wildman–Crippen MR) is 95.7 cm³/mol. The zero-order valence-electron chi connectivity index (χ0n) is 12.8. The molecule has 1 N–H and O–H groups in total. The number of rotatable bonds is 1. The molecule has 0 bridgehead atoms. The van der Waals surface area contributed by atoms with Crippen LogP contribution in [0.5, 0.6) is 11.5 Å². The van der Waals surface area contributed by atoms with E-state index in [9.17, 15) is 5.11 Å². The zero-order chi connectivity index (χ0) is 16.1. The molecule has 0 amide bonds. The molecule has 1 aliphatic heterocycles. The third kappa shape index (κ3) is 2.67. The predicted octanol–water partition coefficient (Wildman–Crippen LogP) is 5.78. The van der Waals surface area contributed by atoms with Gasteiger partial charge in [0.2, 0.25) is 0 Å². The summed E-state index contributed by atoms with van der Waals surface area (Å²) in [5.41, 5.74) is 1.89. The maximum atomic E-state index is 9.79. The summed E-state index contributed by atoms with van der Waals surface area (Å²) in [7, 11) is 0. The summed E-state index contributed by atoms with van der Waals surface area (Å²) in [6.07, 6.45) is 0.862. The number of halogens is 2. The van der Waals surface area contributed by atoms with E-state index < -0.39 is 0 Å². The summed E-state index contributed by atoms with van der Waals surface area (Å²) >= 11 is 6.99. The molecule has 0 aromatic heterocycles. The van der Waals surface area contributed by atoms with Crippen molar-refractivity contribution in [3.63, 3.8) is 0 Å². The van der Waals surface area contributed by atoms with Crippen molar-refractivity contribution in [3.8, 4) is 11.5 Å². The smallest absolute Gasteiger partial charge is 0.129 e. The van der Waals surface area contributed by atoms with Crippen molar-refractivity contribution >= 4 is 31.9 Å². The first-order valence-electron chi connectivity index (χ1n) is 7.19. The molecule has 4 heteroatoms. The summed E-state index contributed by atoms with van der Waals surface area (Å²) in [6, 6.07) is 11.9. The van der Waals surface area contributed by atoms with Gasteiger partial charge in [-0.15, -0.1) is 0 Å². The van der Waals surface area contributed by atoms with Crippen molar-refractivity contribution in [3.05, 3.63) is 56.5 Å². The highest BCUT2D eigenvalue weighted by Crippen LogP contribution is 2.50. The van der Waals surface area contributed by atoms with E-state index in [2.05, 4.69) is 58.7 Å². The van der Waals surface area contributed by atoms with Crippen LogP contribution in [0.3, 0.4) is 0 Å². The molecule has 1 heterocycles. The quantitative estimate of drug-likeness (QED) is 0.626. The van der Waals surface area contributed by atoms with Crippen LogP contribution in [-0.4, -0.2) is 10.7 Å². The monoisotopic (exact) mass is 424 g/mol. The molecule has 0 saturated carbocycles. The summed E-state index contributed by atoms with van der Waals surface area (Å²) in [6.45, 7) is 6.47.